The molecule has 4 heterocycles. The van der Waals surface area contributed by atoms with Crippen LogP contribution in [0, 0.1) is 11.7 Å². The first-order valence-corrected chi connectivity index (χ1v) is 10.1. The molecule has 0 spiro atoms. The molecule has 1 N–H and O–H groups in total. The minimum Gasteiger partial charge on any atom is -0.381 e. The summed E-state index contributed by atoms with van der Waals surface area (Å²) >= 11 is 0. The van der Waals surface area contributed by atoms with Crippen LogP contribution >= 0.6 is 0 Å². The number of benzene rings is 1. The highest BCUT2D eigenvalue weighted by Crippen LogP contribution is 2.30. The van der Waals surface area contributed by atoms with Crippen molar-refractivity contribution in [2.24, 2.45) is 13.0 Å². The number of fused-ring (bicyclic) bond motifs is 1. The topological polar surface area (TPSA) is 86.3 Å². The standard InChI is InChI=1S/C22H21FN6O2/c1-28-12-17(21(27-28)14-2-4-16(23)5-3-14)18-6-7-20-24-19(13-29(20)26-18)25-22(30)15-8-10-31-11-9-15/h2-7,12-13,15H,8-11H2,1H3,(H,25,30). The van der Waals surface area contributed by atoms with Gasteiger partial charge in [0, 0.05) is 43.5 Å². The van der Waals surface area contributed by atoms with Crippen LogP contribution in [-0.4, -0.2) is 43.5 Å². The van der Waals surface area contributed by atoms with Crippen LogP contribution < -0.4 is 5.32 Å². The van der Waals surface area contributed by atoms with Gasteiger partial charge in [0.25, 0.3) is 0 Å². The number of carbonyl (C=O) groups is 1. The van der Waals surface area contributed by atoms with E-state index in [-0.39, 0.29) is 17.6 Å². The van der Waals surface area contributed by atoms with E-state index in [0.29, 0.717) is 36.1 Å². The SMILES string of the molecule is Cn1cc(-c2ccc3nc(NC(=O)C4CCOCC4)cn3n2)c(-c2ccc(F)cc2)n1. The normalized spacial score (nSPS) is 14.8. The first-order chi connectivity index (χ1) is 15.1. The van der Waals surface area contributed by atoms with Crippen molar-refractivity contribution in [1.82, 2.24) is 24.4 Å². The number of aromatic nitrogens is 5. The van der Waals surface area contributed by atoms with E-state index in [1.807, 2.05) is 25.4 Å². The first kappa shape index (κ1) is 19.4. The van der Waals surface area contributed by atoms with Crippen molar-refractivity contribution in [3.05, 3.63) is 54.6 Å². The molecule has 1 amide bonds. The summed E-state index contributed by atoms with van der Waals surface area (Å²) in [5.41, 5.74) is 3.65. The molecule has 0 unspecified atom stereocenters. The molecule has 3 aromatic heterocycles. The van der Waals surface area contributed by atoms with Crippen molar-refractivity contribution in [1.29, 1.82) is 0 Å². The fourth-order valence-corrected chi connectivity index (χ4v) is 3.77. The second kappa shape index (κ2) is 7.92. The monoisotopic (exact) mass is 420 g/mol. The number of halogens is 1. The molecule has 1 fully saturated rings. The van der Waals surface area contributed by atoms with E-state index in [9.17, 15) is 9.18 Å². The zero-order chi connectivity index (χ0) is 21.4. The number of aryl methyl sites for hydroxylation is 1. The molecule has 1 aliphatic rings. The van der Waals surface area contributed by atoms with E-state index in [1.54, 1.807) is 27.5 Å². The van der Waals surface area contributed by atoms with Crippen LogP contribution in [0.5, 0.6) is 0 Å². The fraction of sp³-hybridized carbons (Fsp3) is 0.273. The van der Waals surface area contributed by atoms with Gasteiger partial charge in [-0.15, -0.1) is 0 Å². The van der Waals surface area contributed by atoms with Crippen LogP contribution in [0.4, 0.5) is 10.2 Å². The number of nitrogens with zero attached hydrogens (tertiary/aromatic N) is 5. The van der Waals surface area contributed by atoms with Crippen LogP contribution in [-0.2, 0) is 16.6 Å². The number of ether oxygens (including phenoxy) is 1. The van der Waals surface area contributed by atoms with Crippen LogP contribution in [0.15, 0.2) is 48.8 Å². The highest BCUT2D eigenvalue weighted by atomic mass is 19.1. The molecular formula is C22H21FN6O2. The van der Waals surface area contributed by atoms with Gasteiger partial charge in [0.05, 0.1) is 11.9 Å². The number of nitrogens with one attached hydrogen (secondary N) is 1. The van der Waals surface area contributed by atoms with Crippen molar-refractivity contribution < 1.29 is 13.9 Å². The summed E-state index contributed by atoms with van der Waals surface area (Å²) in [5, 5.41) is 12.1. The number of hydrogen-bond donors (Lipinski definition) is 1. The van der Waals surface area contributed by atoms with Gasteiger partial charge < -0.3 is 10.1 Å². The lowest BCUT2D eigenvalue weighted by atomic mass is 10.00. The Labute approximate surface area is 177 Å². The molecule has 1 aliphatic heterocycles. The molecule has 0 atom stereocenters. The summed E-state index contributed by atoms with van der Waals surface area (Å²) in [6.07, 6.45) is 5.01. The summed E-state index contributed by atoms with van der Waals surface area (Å²) in [4.78, 5) is 16.9. The maximum atomic E-state index is 13.3. The van der Waals surface area contributed by atoms with Crippen LogP contribution in [0.2, 0.25) is 0 Å². The summed E-state index contributed by atoms with van der Waals surface area (Å²) in [7, 11) is 1.83. The Morgan fingerprint density at radius 3 is 2.65 bits per heavy atom. The van der Waals surface area contributed by atoms with Crippen molar-refractivity contribution in [2.45, 2.75) is 12.8 Å². The summed E-state index contributed by atoms with van der Waals surface area (Å²) in [6.45, 7) is 1.21. The lowest BCUT2D eigenvalue weighted by Gasteiger charge is -2.20. The molecule has 31 heavy (non-hydrogen) atoms. The number of rotatable bonds is 4. The number of amides is 1. The van der Waals surface area contributed by atoms with Crippen molar-refractivity contribution >= 4 is 17.4 Å². The second-order valence-electron chi connectivity index (χ2n) is 7.60. The van der Waals surface area contributed by atoms with E-state index in [4.69, 9.17) is 4.74 Å². The van der Waals surface area contributed by atoms with Gasteiger partial charge in [-0.2, -0.15) is 10.2 Å². The highest BCUT2D eigenvalue weighted by Gasteiger charge is 2.22. The predicted molar refractivity (Wildman–Crippen MR) is 113 cm³/mol. The highest BCUT2D eigenvalue weighted by molar-refractivity contribution is 5.92. The molecular weight excluding hydrogens is 399 g/mol. The number of anilines is 1. The average Bonchev–Trinajstić information content (AvgIpc) is 3.37. The smallest absolute Gasteiger partial charge is 0.228 e. The maximum Gasteiger partial charge on any atom is 0.228 e. The Kier molecular flexibility index (Phi) is 4.95. The van der Waals surface area contributed by atoms with Crippen LogP contribution in [0.3, 0.4) is 0 Å². The predicted octanol–water partition coefficient (Wildman–Crippen LogP) is 3.30. The number of carbonyl (C=O) groups excluding carboxylic acids is 1. The lowest BCUT2D eigenvalue weighted by molar-refractivity contribution is -0.122. The quantitative estimate of drug-likeness (QED) is 0.548. The van der Waals surface area contributed by atoms with Gasteiger partial charge in [-0.05, 0) is 49.2 Å². The zero-order valence-corrected chi connectivity index (χ0v) is 17.0. The molecule has 5 rings (SSSR count). The maximum absolute atomic E-state index is 13.3. The molecule has 4 aromatic rings. The molecule has 9 heteroatoms. The molecule has 0 saturated carbocycles. The molecule has 1 aromatic carbocycles. The van der Waals surface area contributed by atoms with Gasteiger partial charge in [0.1, 0.15) is 11.5 Å². The summed E-state index contributed by atoms with van der Waals surface area (Å²) in [6, 6.07) is 9.91. The van der Waals surface area contributed by atoms with E-state index in [2.05, 4.69) is 20.5 Å². The summed E-state index contributed by atoms with van der Waals surface area (Å²) in [5.74, 6) is 0.0640. The Morgan fingerprint density at radius 2 is 1.87 bits per heavy atom. The molecule has 0 aliphatic carbocycles. The van der Waals surface area contributed by atoms with Gasteiger partial charge in [-0.25, -0.2) is 13.9 Å². The van der Waals surface area contributed by atoms with E-state index in [1.165, 1.54) is 12.1 Å². The minimum atomic E-state index is -0.297. The average molecular weight is 420 g/mol. The third-order valence-corrected chi connectivity index (χ3v) is 5.39. The Balaban J connectivity index is 1.44. The van der Waals surface area contributed by atoms with Crippen molar-refractivity contribution in [3.63, 3.8) is 0 Å². The van der Waals surface area contributed by atoms with E-state index >= 15 is 0 Å². The lowest BCUT2D eigenvalue weighted by Crippen LogP contribution is -2.28. The van der Waals surface area contributed by atoms with Gasteiger partial charge in [-0.1, -0.05) is 0 Å². The van der Waals surface area contributed by atoms with Crippen molar-refractivity contribution in [2.75, 3.05) is 18.5 Å². The third kappa shape index (κ3) is 3.91. The largest absolute Gasteiger partial charge is 0.381 e. The number of hydrogen-bond acceptors (Lipinski definition) is 5. The Hall–Kier alpha value is -3.59. The van der Waals surface area contributed by atoms with Gasteiger partial charge in [0.2, 0.25) is 5.91 Å². The van der Waals surface area contributed by atoms with Gasteiger partial charge in [0.15, 0.2) is 11.5 Å². The van der Waals surface area contributed by atoms with E-state index < -0.39 is 0 Å². The molecule has 158 valence electrons. The van der Waals surface area contributed by atoms with Crippen LogP contribution in [0.1, 0.15) is 12.8 Å². The van der Waals surface area contributed by atoms with Crippen LogP contribution in [0.25, 0.3) is 28.2 Å². The van der Waals surface area contributed by atoms with Crippen molar-refractivity contribution in [3.8, 4) is 22.5 Å². The molecule has 0 bridgehead atoms. The molecule has 0 radical (unpaired) electrons. The third-order valence-electron chi connectivity index (χ3n) is 5.39. The minimum absolute atomic E-state index is 0.0437. The van der Waals surface area contributed by atoms with Gasteiger partial charge >= 0.3 is 0 Å². The second-order valence-corrected chi connectivity index (χ2v) is 7.60. The molecule has 1 saturated heterocycles. The Bertz CT molecular complexity index is 1240. The van der Waals surface area contributed by atoms with Gasteiger partial charge in [-0.3, -0.25) is 9.48 Å². The molecule has 8 nitrogen and oxygen atoms in total. The zero-order valence-electron chi connectivity index (χ0n) is 17.0. The van der Waals surface area contributed by atoms with E-state index in [0.717, 1.165) is 24.0 Å². The Morgan fingerprint density at radius 1 is 1.10 bits per heavy atom. The number of imidazole rings is 1. The summed E-state index contributed by atoms with van der Waals surface area (Å²) < 4.78 is 22.0. The fourth-order valence-electron chi connectivity index (χ4n) is 3.77. The first-order valence-electron chi connectivity index (χ1n) is 10.1.